The molecule has 106 valence electrons. The number of esters is 2. The van der Waals surface area contributed by atoms with Crippen molar-refractivity contribution < 1.29 is 19.1 Å². The Labute approximate surface area is 113 Å². The first-order chi connectivity index (χ1) is 9.67. The molecule has 0 unspecified atom stereocenters. The molecule has 2 rings (SSSR count). The normalized spacial score (nSPS) is 10.8. The van der Waals surface area contributed by atoms with E-state index in [1.165, 1.54) is 6.07 Å². The molecule has 2 heterocycles. The molecule has 2 aromatic rings. The Kier molecular flexibility index (Phi) is 4.18. The molecule has 9 nitrogen and oxygen atoms in total. The van der Waals surface area contributed by atoms with Gasteiger partial charge in [-0.05, 0) is 36.4 Å². The summed E-state index contributed by atoms with van der Waals surface area (Å²) in [7, 11) is 0. The van der Waals surface area contributed by atoms with Gasteiger partial charge < -0.3 is 9.47 Å². The van der Waals surface area contributed by atoms with E-state index in [0.717, 1.165) is 4.63 Å². The smallest absolute Gasteiger partial charge is 0.326 e. The van der Waals surface area contributed by atoms with Crippen molar-refractivity contribution in [3.8, 4) is 0 Å². The van der Waals surface area contributed by atoms with E-state index in [-0.39, 0.29) is 18.9 Å². The van der Waals surface area contributed by atoms with Crippen LogP contribution in [-0.4, -0.2) is 50.4 Å². The van der Waals surface area contributed by atoms with Crippen molar-refractivity contribution in [2.45, 2.75) is 19.8 Å². The zero-order valence-corrected chi connectivity index (χ0v) is 11.0. The van der Waals surface area contributed by atoms with Gasteiger partial charge in [0.05, 0.1) is 18.9 Å². The van der Waals surface area contributed by atoms with Gasteiger partial charge in [0, 0.05) is 0 Å². The van der Waals surface area contributed by atoms with E-state index in [1.807, 2.05) is 0 Å². The summed E-state index contributed by atoms with van der Waals surface area (Å²) in [6, 6.07) is 3.04. The van der Waals surface area contributed by atoms with Crippen LogP contribution in [0.4, 0.5) is 0 Å². The van der Waals surface area contributed by atoms with Crippen LogP contribution in [0.3, 0.4) is 0 Å². The predicted molar refractivity (Wildman–Crippen MR) is 64.6 cm³/mol. The fourth-order valence-electron chi connectivity index (χ4n) is 1.61. The maximum absolute atomic E-state index is 11.9. The highest BCUT2D eigenvalue weighted by Gasteiger charge is 2.33. The highest BCUT2D eigenvalue weighted by Crippen LogP contribution is 2.17. The van der Waals surface area contributed by atoms with E-state index in [2.05, 4.69) is 20.6 Å². The first-order valence-electron chi connectivity index (χ1n) is 6.06. The average Bonchev–Trinajstić information content (AvgIpc) is 2.87. The summed E-state index contributed by atoms with van der Waals surface area (Å²) in [5.74, 6) is -2.68. The van der Waals surface area contributed by atoms with E-state index >= 15 is 0 Å². The van der Waals surface area contributed by atoms with Gasteiger partial charge in [-0.15, -0.1) is 9.73 Å². The summed E-state index contributed by atoms with van der Waals surface area (Å²) in [4.78, 5) is 23.8. The number of aromatic nitrogens is 5. The zero-order valence-electron chi connectivity index (χ0n) is 11.0. The highest BCUT2D eigenvalue weighted by molar-refractivity contribution is 6.00. The van der Waals surface area contributed by atoms with Crippen molar-refractivity contribution in [1.82, 2.24) is 25.3 Å². The van der Waals surface area contributed by atoms with Crippen molar-refractivity contribution >= 4 is 17.6 Å². The van der Waals surface area contributed by atoms with Crippen LogP contribution in [0, 0.1) is 0 Å². The third-order valence-electron chi connectivity index (χ3n) is 2.43. The number of fused-ring (bicyclic) bond motifs is 1. The molecule has 2 aromatic heterocycles. The lowest BCUT2D eigenvalue weighted by atomic mass is 10.1. The van der Waals surface area contributed by atoms with Crippen molar-refractivity contribution in [3.63, 3.8) is 0 Å². The number of hydrogen-bond acceptors (Lipinski definition) is 8. The highest BCUT2D eigenvalue weighted by atomic mass is 16.6. The maximum atomic E-state index is 11.9. The number of rotatable bonds is 5. The molecule has 0 aliphatic carbocycles. The van der Waals surface area contributed by atoms with Crippen LogP contribution in [0.2, 0.25) is 0 Å². The molecule has 0 spiro atoms. The summed E-state index contributed by atoms with van der Waals surface area (Å²) in [5, 5.41) is 14.8. The third kappa shape index (κ3) is 2.71. The van der Waals surface area contributed by atoms with E-state index in [4.69, 9.17) is 9.47 Å². The first-order valence-corrected chi connectivity index (χ1v) is 6.06. The van der Waals surface area contributed by atoms with Crippen molar-refractivity contribution in [2.75, 3.05) is 13.2 Å². The van der Waals surface area contributed by atoms with Gasteiger partial charge in [-0.3, -0.25) is 9.59 Å². The molecule has 0 N–H and O–H groups in total. The van der Waals surface area contributed by atoms with Crippen LogP contribution < -0.4 is 0 Å². The monoisotopic (exact) mass is 279 g/mol. The zero-order chi connectivity index (χ0) is 14.5. The molecular weight excluding hydrogens is 266 g/mol. The molecule has 0 amide bonds. The van der Waals surface area contributed by atoms with Crippen molar-refractivity contribution in [1.29, 1.82) is 0 Å². The molecule has 0 aliphatic heterocycles. The fraction of sp³-hybridized carbons (Fsp3) is 0.455. The van der Waals surface area contributed by atoms with Gasteiger partial charge in [0.25, 0.3) is 0 Å². The lowest BCUT2D eigenvalue weighted by molar-refractivity contribution is -0.157. The Morgan fingerprint density at radius 2 is 1.85 bits per heavy atom. The van der Waals surface area contributed by atoms with Crippen LogP contribution in [0.1, 0.15) is 25.5 Å². The second kappa shape index (κ2) is 6.04. The SMILES string of the molecule is CCOC(=O)C(C(=O)OCC)c1ccc2nnnn2n1. The summed E-state index contributed by atoms with van der Waals surface area (Å²) < 4.78 is 10.9. The summed E-state index contributed by atoms with van der Waals surface area (Å²) in [6.45, 7) is 3.61. The molecule has 20 heavy (non-hydrogen) atoms. The van der Waals surface area contributed by atoms with Gasteiger partial charge in [-0.1, -0.05) is 0 Å². The topological polar surface area (TPSA) is 109 Å². The lowest BCUT2D eigenvalue weighted by Gasteiger charge is -2.13. The Morgan fingerprint density at radius 1 is 1.20 bits per heavy atom. The lowest BCUT2D eigenvalue weighted by Crippen LogP contribution is -2.27. The van der Waals surface area contributed by atoms with Gasteiger partial charge >= 0.3 is 11.9 Å². The van der Waals surface area contributed by atoms with Gasteiger partial charge in [0.15, 0.2) is 11.6 Å². The van der Waals surface area contributed by atoms with Crippen LogP contribution in [0.5, 0.6) is 0 Å². The Morgan fingerprint density at radius 3 is 2.45 bits per heavy atom. The van der Waals surface area contributed by atoms with Crippen molar-refractivity contribution in [3.05, 3.63) is 17.8 Å². The molecule has 0 atom stereocenters. The molecule has 9 heteroatoms. The molecule has 0 bridgehead atoms. The minimum absolute atomic E-state index is 0.155. The summed E-state index contributed by atoms with van der Waals surface area (Å²) in [6.07, 6.45) is 0. The maximum Gasteiger partial charge on any atom is 0.326 e. The third-order valence-corrected chi connectivity index (χ3v) is 2.43. The fourth-order valence-corrected chi connectivity index (χ4v) is 1.61. The Balaban J connectivity index is 2.37. The van der Waals surface area contributed by atoms with E-state index in [0.29, 0.717) is 5.65 Å². The predicted octanol–water partition coefficient (Wildman–Crippen LogP) is -0.271. The minimum Gasteiger partial charge on any atom is -0.465 e. The van der Waals surface area contributed by atoms with E-state index in [9.17, 15) is 9.59 Å². The van der Waals surface area contributed by atoms with Gasteiger partial charge in [0.2, 0.25) is 0 Å². The summed E-state index contributed by atoms with van der Waals surface area (Å²) >= 11 is 0. The van der Waals surface area contributed by atoms with Crippen LogP contribution in [0.15, 0.2) is 12.1 Å². The van der Waals surface area contributed by atoms with Gasteiger partial charge in [0.1, 0.15) is 0 Å². The number of carbonyl (C=O) groups is 2. The largest absolute Gasteiger partial charge is 0.465 e. The summed E-state index contributed by atoms with van der Waals surface area (Å²) in [5.41, 5.74) is 0.571. The van der Waals surface area contributed by atoms with Crippen LogP contribution >= 0.6 is 0 Å². The second-order valence-corrected chi connectivity index (χ2v) is 3.72. The molecule has 0 saturated carbocycles. The molecule has 0 fully saturated rings. The van der Waals surface area contributed by atoms with Crippen LogP contribution in [0.25, 0.3) is 5.65 Å². The Bertz CT molecular complexity index is 608. The number of carbonyl (C=O) groups excluding carboxylic acids is 2. The quantitative estimate of drug-likeness (QED) is 0.543. The van der Waals surface area contributed by atoms with E-state index in [1.54, 1.807) is 19.9 Å². The van der Waals surface area contributed by atoms with Crippen molar-refractivity contribution in [2.24, 2.45) is 0 Å². The molecule has 0 radical (unpaired) electrons. The standard InChI is InChI=1S/C11H13N5O4/c1-3-19-10(17)9(11(18)20-4-2)7-5-6-8-12-14-15-16(8)13-7/h5-6,9H,3-4H2,1-2H3. The molecule has 0 aromatic carbocycles. The van der Waals surface area contributed by atoms with Crippen LogP contribution in [-0.2, 0) is 19.1 Å². The average molecular weight is 279 g/mol. The Hall–Kier alpha value is -2.58. The number of ether oxygens (including phenoxy) is 2. The molecular formula is C11H13N5O4. The molecule has 0 aliphatic rings. The number of tetrazole rings is 1. The van der Waals surface area contributed by atoms with Gasteiger partial charge in [-0.25, -0.2) is 0 Å². The van der Waals surface area contributed by atoms with E-state index < -0.39 is 17.9 Å². The number of hydrogen-bond donors (Lipinski definition) is 0. The minimum atomic E-state index is -1.25. The second-order valence-electron chi connectivity index (χ2n) is 3.72. The molecule has 0 saturated heterocycles. The first kappa shape index (κ1) is 13.8. The van der Waals surface area contributed by atoms with Gasteiger partial charge in [-0.2, -0.15) is 5.10 Å². The number of nitrogens with zero attached hydrogens (tertiary/aromatic N) is 5.